The van der Waals surface area contributed by atoms with Gasteiger partial charge in [0.25, 0.3) is 5.91 Å². The van der Waals surface area contributed by atoms with Crippen molar-refractivity contribution in [3.05, 3.63) is 58.7 Å². The largest absolute Gasteiger partial charge is 0.493 e. The molecule has 0 saturated heterocycles. The Kier molecular flexibility index (Phi) is 6.25. The summed E-state index contributed by atoms with van der Waals surface area (Å²) in [4.78, 5) is 15.3. The van der Waals surface area contributed by atoms with E-state index in [4.69, 9.17) is 9.47 Å². The Morgan fingerprint density at radius 1 is 1.21 bits per heavy atom. The van der Waals surface area contributed by atoms with E-state index >= 15 is 0 Å². The van der Waals surface area contributed by atoms with Crippen LogP contribution in [-0.4, -0.2) is 44.2 Å². The number of ether oxygens (including phenoxy) is 2. The molecule has 1 aliphatic rings. The van der Waals surface area contributed by atoms with Crippen LogP contribution in [0.4, 0.5) is 0 Å². The van der Waals surface area contributed by atoms with E-state index in [1.165, 1.54) is 11.1 Å². The molecule has 2 aromatic rings. The van der Waals surface area contributed by atoms with Gasteiger partial charge in [-0.05, 0) is 61.7 Å². The van der Waals surface area contributed by atoms with E-state index in [1.54, 1.807) is 14.2 Å². The molecule has 1 heterocycles. The number of benzene rings is 2. The minimum absolute atomic E-state index is 0.0331. The van der Waals surface area contributed by atoms with Crippen LogP contribution in [0.5, 0.6) is 11.5 Å². The van der Waals surface area contributed by atoms with Crippen LogP contribution in [0.1, 0.15) is 46.9 Å². The molecular weight excluding hydrogens is 352 g/mol. The number of carbonyl (C=O) groups excluding carboxylic acids is 1. The first kappa shape index (κ1) is 20.2. The highest BCUT2D eigenvalue weighted by molar-refractivity contribution is 5.95. The zero-order valence-corrected chi connectivity index (χ0v) is 17.4. The van der Waals surface area contributed by atoms with Gasteiger partial charge < -0.3 is 14.8 Å². The average molecular weight is 383 g/mol. The molecule has 2 atom stereocenters. The molecule has 5 heteroatoms. The van der Waals surface area contributed by atoms with Crippen molar-refractivity contribution in [3.8, 4) is 11.5 Å². The fraction of sp³-hybridized carbons (Fsp3) is 0.435. The Hall–Kier alpha value is -2.53. The molecule has 2 unspecified atom stereocenters. The Bertz CT molecular complexity index is 850. The van der Waals surface area contributed by atoms with Crippen molar-refractivity contribution in [2.75, 3.05) is 27.3 Å². The normalized spacial score (nSPS) is 17.5. The number of hydrogen-bond donors (Lipinski definition) is 1. The number of rotatable bonds is 6. The van der Waals surface area contributed by atoms with Crippen LogP contribution in [-0.2, 0) is 6.42 Å². The number of carbonyl (C=O) groups is 1. The van der Waals surface area contributed by atoms with E-state index < -0.39 is 0 Å². The number of aryl methyl sites for hydroxylation is 1. The first-order valence-corrected chi connectivity index (χ1v) is 9.85. The number of amides is 1. The second kappa shape index (κ2) is 8.65. The molecule has 5 nitrogen and oxygen atoms in total. The standard InChI is InChI=1S/C23H30N2O3/c1-6-25-12-11-17-13-20(27-4)21(28-5)14-19(17)22(25)16(3)24-23(26)18-10-8-7-9-15(18)2/h7-10,13-14,16,22H,6,11-12H2,1-5H3,(H,24,26). The van der Waals surface area contributed by atoms with E-state index in [9.17, 15) is 4.79 Å². The van der Waals surface area contributed by atoms with Crippen LogP contribution < -0.4 is 14.8 Å². The zero-order chi connectivity index (χ0) is 20.3. The van der Waals surface area contributed by atoms with Crippen molar-refractivity contribution in [1.82, 2.24) is 10.2 Å². The molecule has 1 amide bonds. The van der Waals surface area contributed by atoms with Gasteiger partial charge in [0, 0.05) is 18.2 Å². The second-order valence-electron chi connectivity index (χ2n) is 7.31. The molecule has 1 aliphatic heterocycles. The molecule has 0 bridgehead atoms. The van der Waals surface area contributed by atoms with Crippen LogP contribution in [0.15, 0.2) is 36.4 Å². The summed E-state index contributed by atoms with van der Waals surface area (Å²) in [6.45, 7) is 8.08. The Balaban J connectivity index is 1.93. The smallest absolute Gasteiger partial charge is 0.251 e. The van der Waals surface area contributed by atoms with Gasteiger partial charge in [-0.3, -0.25) is 9.69 Å². The predicted molar refractivity (Wildman–Crippen MR) is 111 cm³/mol. The van der Waals surface area contributed by atoms with Crippen LogP contribution in [0.2, 0.25) is 0 Å². The minimum atomic E-state index is -0.0517. The maximum Gasteiger partial charge on any atom is 0.251 e. The summed E-state index contributed by atoms with van der Waals surface area (Å²) >= 11 is 0. The summed E-state index contributed by atoms with van der Waals surface area (Å²) in [5.74, 6) is 1.44. The van der Waals surface area contributed by atoms with Gasteiger partial charge in [0.05, 0.1) is 20.3 Å². The van der Waals surface area contributed by atoms with Crippen molar-refractivity contribution in [1.29, 1.82) is 0 Å². The fourth-order valence-electron chi connectivity index (χ4n) is 4.16. The molecule has 0 radical (unpaired) electrons. The highest BCUT2D eigenvalue weighted by Crippen LogP contribution is 2.39. The second-order valence-corrected chi connectivity index (χ2v) is 7.31. The van der Waals surface area contributed by atoms with Crippen LogP contribution >= 0.6 is 0 Å². The van der Waals surface area contributed by atoms with Crippen molar-refractivity contribution in [3.63, 3.8) is 0 Å². The Morgan fingerprint density at radius 2 is 1.89 bits per heavy atom. The van der Waals surface area contributed by atoms with E-state index in [-0.39, 0.29) is 18.0 Å². The van der Waals surface area contributed by atoms with Gasteiger partial charge in [0.1, 0.15) is 0 Å². The monoisotopic (exact) mass is 382 g/mol. The molecule has 0 spiro atoms. The molecule has 3 rings (SSSR count). The first-order valence-electron chi connectivity index (χ1n) is 9.85. The molecule has 0 aromatic heterocycles. The van der Waals surface area contributed by atoms with Gasteiger partial charge in [0.2, 0.25) is 0 Å². The van der Waals surface area contributed by atoms with Crippen molar-refractivity contribution < 1.29 is 14.3 Å². The summed E-state index contributed by atoms with van der Waals surface area (Å²) in [5.41, 5.74) is 4.16. The number of nitrogens with zero attached hydrogens (tertiary/aromatic N) is 1. The summed E-state index contributed by atoms with van der Waals surface area (Å²) in [5, 5.41) is 3.23. The van der Waals surface area contributed by atoms with Crippen LogP contribution in [0.3, 0.4) is 0 Å². The van der Waals surface area contributed by atoms with Gasteiger partial charge >= 0.3 is 0 Å². The Labute approximate surface area is 167 Å². The lowest BCUT2D eigenvalue weighted by atomic mass is 9.88. The molecule has 1 N–H and O–H groups in total. The van der Waals surface area contributed by atoms with Crippen molar-refractivity contribution in [2.24, 2.45) is 0 Å². The molecule has 0 fully saturated rings. The maximum absolute atomic E-state index is 12.9. The SMILES string of the molecule is CCN1CCc2cc(OC)c(OC)cc2C1C(C)NC(=O)c1ccccc1C. The topological polar surface area (TPSA) is 50.8 Å². The summed E-state index contributed by atoms with van der Waals surface area (Å²) < 4.78 is 11.0. The lowest BCUT2D eigenvalue weighted by Gasteiger charge is -2.40. The van der Waals surface area contributed by atoms with Gasteiger partial charge in [-0.25, -0.2) is 0 Å². The van der Waals surface area contributed by atoms with E-state index in [1.807, 2.05) is 31.2 Å². The third-order valence-electron chi connectivity index (χ3n) is 5.65. The minimum Gasteiger partial charge on any atom is -0.493 e. The van der Waals surface area contributed by atoms with E-state index in [2.05, 4.69) is 36.2 Å². The van der Waals surface area contributed by atoms with Gasteiger partial charge in [-0.2, -0.15) is 0 Å². The molecular formula is C23H30N2O3. The number of fused-ring (bicyclic) bond motifs is 1. The van der Waals surface area contributed by atoms with Gasteiger partial charge in [0.15, 0.2) is 11.5 Å². The number of hydrogen-bond acceptors (Lipinski definition) is 4. The average Bonchev–Trinajstić information content (AvgIpc) is 2.71. The summed E-state index contributed by atoms with van der Waals surface area (Å²) in [6, 6.07) is 11.9. The molecule has 0 saturated carbocycles. The van der Waals surface area contributed by atoms with Gasteiger partial charge in [-0.15, -0.1) is 0 Å². The zero-order valence-electron chi connectivity index (χ0n) is 17.4. The van der Waals surface area contributed by atoms with Crippen LogP contribution in [0.25, 0.3) is 0 Å². The summed E-state index contributed by atoms with van der Waals surface area (Å²) in [7, 11) is 3.32. The molecule has 150 valence electrons. The number of nitrogens with one attached hydrogen (secondary N) is 1. The Morgan fingerprint density at radius 3 is 2.54 bits per heavy atom. The van der Waals surface area contributed by atoms with Gasteiger partial charge in [-0.1, -0.05) is 25.1 Å². The third-order valence-corrected chi connectivity index (χ3v) is 5.65. The van der Waals surface area contributed by atoms with Crippen molar-refractivity contribution >= 4 is 5.91 Å². The highest BCUT2D eigenvalue weighted by Gasteiger charge is 2.33. The third kappa shape index (κ3) is 3.85. The lowest BCUT2D eigenvalue weighted by molar-refractivity contribution is 0.0889. The van der Waals surface area contributed by atoms with E-state index in [0.29, 0.717) is 0 Å². The summed E-state index contributed by atoms with van der Waals surface area (Å²) in [6.07, 6.45) is 0.957. The van der Waals surface area contributed by atoms with E-state index in [0.717, 1.165) is 42.1 Å². The predicted octanol–water partition coefficient (Wildman–Crippen LogP) is 3.75. The lowest BCUT2D eigenvalue weighted by Crippen LogP contribution is -2.47. The number of likely N-dealkylation sites (N-methyl/N-ethyl adjacent to an activating group) is 1. The van der Waals surface area contributed by atoms with Crippen LogP contribution in [0, 0.1) is 6.92 Å². The maximum atomic E-state index is 12.9. The van der Waals surface area contributed by atoms with Crippen molar-refractivity contribution in [2.45, 2.75) is 39.3 Å². The number of methoxy groups -OCH3 is 2. The first-order chi connectivity index (χ1) is 13.5. The quantitative estimate of drug-likeness (QED) is 0.827. The highest BCUT2D eigenvalue weighted by atomic mass is 16.5. The molecule has 2 aromatic carbocycles. The molecule has 28 heavy (non-hydrogen) atoms. The molecule has 0 aliphatic carbocycles. The fourth-order valence-corrected chi connectivity index (χ4v) is 4.16.